The summed E-state index contributed by atoms with van der Waals surface area (Å²) in [5, 5.41) is 4.95. The van der Waals surface area contributed by atoms with Gasteiger partial charge in [0.25, 0.3) is 5.91 Å². The number of hydrogen-bond acceptors (Lipinski definition) is 6. The van der Waals surface area contributed by atoms with Crippen LogP contribution in [0.1, 0.15) is 49.4 Å². The highest BCUT2D eigenvalue weighted by Gasteiger charge is 2.24. The van der Waals surface area contributed by atoms with E-state index in [4.69, 9.17) is 9.47 Å². The Labute approximate surface area is 191 Å². The van der Waals surface area contributed by atoms with Crippen molar-refractivity contribution in [2.45, 2.75) is 33.8 Å². The maximum absolute atomic E-state index is 12.5. The standard InChI is InChI=1S/C24H27N3O4S/c1-14-12-19(13-25-26-22(28)21(30-5)18-10-8-7-9-11-18)16(3)27(14)23-20(24(29)31-6)15(2)17(4)32-23/h7-13,21H,1-6H3,(H,26,28)/b25-13-/t21-/m1/s1. The SMILES string of the molecule is COC(=O)c1c(-n2c(C)cc(/C=N\NC(=O)[C@H](OC)c3ccccc3)c2C)sc(C)c1C. The van der Waals surface area contributed by atoms with Gasteiger partial charge in [-0.1, -0.05) is 30.3 Å². The quantitative estimate of drug-likeness (QED) is 0.327. The molecule has 0 saturated heterocycles. The van der Waals surface area contributed by atoms with Crippen LogP contribution in [0.25, 0.3) is 5.00 Å². The smallest absolute Gasteiger partial charge is 0.341 e. The molecule has 0 aliphatic rings. The molecule has 0 spiro atoms. The summed E-state index contributed by atoms with van der Waals surface area (Å²) in [7, 11) is 2.87. The Bertz CT molecular complexity index is 1160. The van der Waals surface area contributed by atoms with E-state index in [1.807, 2.05) is 68.7 Å². The van der Waals surface area contributed by atoms with Crippen LogP contribution in [0.3, 0.4) is 0 Å². The number of nitrogens with one attached hydrogen (secondary N) is 1. The first-order valence-electron chi connectivity index (χ1n) is 10.1. The fraction of sp³-hybridized carbons (Fsp3) is 0.292. The minimum atomic E-state index is -0.750. The van der Waals surface area contributed by atoms with Gasteiger partial charge < -0.3 is 14.0 Å². The molecule has 0 aliphatic carbocycles. The number of esters is 1. The number of hydrazone groups is 1. The van der Waals surface area contributed by atoms with E-state index in [9.17, 15) is 9.59 Å². The lowest BCUT2D eigenvalue weighted by atomic mass is 10.1. The Balaban J connectivity index is 1.86. The minimum Gasteiger partial charge on any atom is -0.465 e. The number of aromatic nitrogens is 1. The number of amides is 1. The molecule has 168 valence electrons. The van der Waals surface area contributed by atoms with Crippen molar-refractivity contribution in [2.75, 3.05) is 14.2 Å². The van der Waals surface area contributed by atoms with Gasteiger partial charge in [-0.05, 0) is 44.9 Å². The number of hydrogen-bond donors (Lipinski definition) is 1. The van der Waals surface area contributed by atoms with Crippen LogP contribution in [0, 0.1) is 27.7 Å². The van der Waals surface area contributed by atoms with Gasteiger partial charge in [0, 0.05) is 28.9 Å². The molecule has 1 atom stereocenters. The summed E-state index contributed by atoms with van der Waals surface area (Å²) in [4.78, 5) is 26.0. The van der Waals surface area contributed by atoms with Crippen molar-refractivity contribution in [3.05, 3.63) is 74.9 Å². The van der Waals surface area contributed by atoms with Crippen molar-refractivity contribution in [3.63, 3.8) is 0 Å². The summed E-state index contributed by atoms with van der Waals surface area (Å²) in [6.45, 7) is 7.82. The lowest BCUT2D eigenvalue weighted by Crippen LogP contribution is -2.26. The van der Waals surface area contributed by atoms with Crippen LogP contribution in [0.15, 0.2) is 41.5 Å². The van der Waals surface area contributed by atoms with E-state index in [2.05, 4.69) is 10.5 Å². The van der Waals surface area contributed by atoms with Gasteiger partial charge >= 0.3 is 5.97 Å². The van der Waals surface area contributed by atoms with E-state index in [-0.39, 0.29) is 11.9 Å². The number of carbonyl (C=O) groups is 2. The van der Waals surface area contributed by atoms with Crippen molar-refractivity contribution in [2.24, 2.45) is 5.10 Å². The monoisotopic (exact) mass is 453 g/mol. The molecule has 3 aromatic rings. The molecule has 3 rings (SSSR count). The van der Waals surface area contributed by atoms with Crippen LogP contribution in [-0.2, 0) is 14.3 Å². The number of nitrogens with zero attached hydrogens (tertiary/aromatic N) is 2. The fourth-order valence-corrected chi connectivity index (χ4v) is 4.84. The van der Waals surface area contributed by atoms with E-state index in [0.717, 1.165) is 38.0 Å². The van der Waals surface area contributed by atoms with Crippen LogP contribution in [0.5, 0.6) is 0 Å². The fourth-order valence-electron chi connectivity index (χ4n) is 3.59. The summed E-state index contributed by atoms with van der Waals surface area (Å²) < 4.78 is 12.4. The largest absolute Gasteiger partial charge is 0.465 e. The van der Waals surface area contributed by atoms with Crippen molar-refractivity contribution in [3.8, 4) is 5.00 Å². The molecular formula is C24H27N3O4S. The summed E-state index contributed by atoms with van der Waals surface area (Å²) >= 11 is 1.54. The number of ether oxygens (including phenoxy) is 2. The highest BCUT2D eigenvalue weighted by atomic mass is 32.1. The number of thiophene rings is 1. The molecule has 0 radical (unpaired) electrons. The number of methoxy groups -OCH3 is 2. The molecule has 2 heterocycles. The zero-order valence-corrected chi connectivity index (χ0v) is 19.9. The number of aryl methyl sites for hydroxylation is 2. The van der Waals surface area contributed by atoms with Crippen LogP contribution in [0.2, 0.25) is 0 Å². The molecular weight excluding hydrogens is 426 g/mol. The molecule has 8 heteroatoms. The second-order valence-electron chi connectivity index (χ2n) is 7.38. The molecule has 0 bridgehead atoms. The molecule has 32 heavy (non-hydrogen) atoms. The Kier molecular flexibility index (Phi) is 7.27. The number of benzene rings is 1. The number of rotatable bonds is 7. The number of carbonyl (C=O) groups excluding carboxylic acids is 2. The third-order valence-corrected chi connectivity index (χ3v) is 6.58. The average molecular weight is 454 g/mol. The molecule has 7 nitrogen and oxygen atoms in total. The van der Waals surface area contributed by atoms with E-state index in [0.29, 0.717) is 5.56 Å². The van der Waals surface area contributed by atoms with Gasteiger partial charge in [-0.3, -0.25) is 4.79 Å². The predicted octanol–water partition coefficient (Wildman–Crippen LogP) is 4.40. The average Bonchev–Trinajstić information content (AvgIpc) is 3.23. The second kappa shape index (κ2) is 9.93. The highest BCUT2D eigenvalue weighted by molar-refractivity contribution is 7.15. The van der Waals surface area contributed by atoms with E-state index < -0.39 is 6.10 Å². The summed E-state index contributed by atoms with van der Waals surface area (Å²) in [6, 6.07) is 11.2. The third-order valence-electron chi connectivity index (χ3n) is 5.38. The highest BCUT2D eigenvalue weighted by Crippen LogP contribution is 2.34. The predicted molar refractivity (Wildman–Crippen MR) is 126 cm³/mol. The summed E-state index contributed by atoms with van der Waals surface area (Å²) in [5.41, 5.74) is 7.46. The maximum Gasteiger partial charge on any atom is 0.341 e. The molecule has 0 aliphatic heterocycles. The lowest BCUT2D eigenvalue weighted by Gasteiger charge is -2.13. The van der Waals surface area contributed by atoms with Crippen LogP contribution >= 0.6 is 11.3 Å². The first-order chi connectivity index (χ1) is 15.3. The van der Waals surface area contributed by atoms with Crippen molar-refractivity contribution in [1.82, 2.24) is 9.99 Å². The Morgan fingerprint density at radius 1 is 1.12 bits per heavy atom. The van der Waals surface area contributed by atoms with Gasteiger partial charge in [-0.2, -0.15) is 5.10 Å². The maximum atomic E-state index is 12.5. The Morgan fingerprint density at radius 3 is 2.44 bits per heavy atom. The van der Waals surface area contributed by atoms with E-state index in [1.54, 1.807) is 17.6 Å². The van der Waals surface area contributed by atoms with Crippen molar-refractivity contribution in [1.29, 1.82) is 0 Å². The van der Waals surface area contributed by atoms with Crippen molar-refractivity contribution < 1.29 is 19.1 Å². The Morgan fingerprint density at radius 2 is 1.81 bits per heavy atom. The lowest BCUT2D eigenvalue weighted by molar-refractivity contribution is -0.131. The second-order valence-corrected chi connectivity index (χ2v) is 8.58. The van der Waals surface area contributed by atoms with E-state index in [1.165, 1.54) is 14.2 Å². The molecule has 0 fully saturated rings. The van der Waals surface area contributed by atoms with Crippen molar-refractivity contribution >= 4 is 29.4 Å². The van der Waals surface area contributed by atoms with Crippen LogP contribution < -0.4 is 5.43 Å². The molecule has 2 aromatic heterocycles. The minimum absolute atomic E-state index is 0.358. The zero-order chi connectivity index (χ0) is 23.4. The van der Waals surface area contributed by atoms with Crippen LogP contribution in [0.4, 0.5) is 0 Å². The topological polar surface area (TPSA) is 81.9 Å². The molecule has 1 N–H and O–H groups in total. The van der Waals surface area contributed by atoms with Gasteiger partial charge in [-0.25, -0.2) is 10.2 Å². The third kappa shape index (κ3) is 4.51. The van der Waals surface area contributed by atoms with Gasteiger partial charge in [0.05, 0.1) is 18.9 Å². The zero-order valence-electron chi connectivity index (χ0n) is 19.1. The van der Waals surface area contributed by atoms with Gasteiger partial charge in [0.15, 0.2) is 6.10 Å². The van der Waals surface area contributed by atoms with Gasteiger partial charge in [0.2, 0.25) is 0 Å². The van der Waals surface area contributed by atoms with E-state index >= 15 is 0 Å². The molecule has 1 aromatic carbocycles. The molecule has 0 unspecified atom stereocenters. The first kappa shape index (κ1) is 23.4. The summed E-state index contributed by atoms with van der Waals surface area (Å²) in [5.74, 6) is -0.718. The normalized spacial score (nSPS) is 12.2. The molecule has 1 amide bonds. The summed E-state index contributed by atoms with van der Waals surface area (Å²) in [6.07, 6.45) is 0.847. The molecule has 0 saturated carbocycles. The Hall–Kier alpha value is -3.23. The van der Waals surface area contributed by atoms with Crippen LogP contribution in [-0.4, -0.2) is 36.9 Å². The first-order valence-corrected chi connectivity index (χ1v) is 10.9. The van der Waals surface area contributed by atoms with Gasteiger partial charge in [-0.15, -0.1) is 11.3 Å². The van der Waals surface area contributed by atoms with Gasteiger partial charge in [0.1, 0.15) is 5.00 Å².